The Morgan fingerprint density at radius 3 is 1.79 bits per heavy atom. The van der Waals surface area contributed by atoms with Gasteiger partial charge in [-0.3, -0.25) is 14.6 Å². The molecule has 2 N–H and O–H groups in total. The molecule has 2 saturated heterocycles. The molecule has 0 radical (unpaired) electrons. The zero-order chi connectivity index (χ0) is 45.3. The third-order valence-electron chi connectivity index (χ3n) is 11.5. The molecule has 3 aromatic heterocycles. The molecule has 0 aliphatic carbocycles. The lowest BCUT2D eigenvalue weighted by Gasteiger charge is -2.28. The van der Waals surface area contributed by atoms with E-state index in [1.165, 1.54) is 4.90 Å². The van der Waals surface area contributed by atoms with Gasteiger partial charge in [0.1, 0.15) is 36.4 Å². The first-order chi connectivity index (χ1) is 29.7. The van der Waals surface area contributed by atoms with E-state index in [0.29, 0.717) is 73.3 Å². The van der Waals surface area contributed by atoms with Gasteiger partial charge in [0, 0.05) is 71.5 Å². The number of amides is 2. The largest absolute Gasteiger partial charge is 0.465 e. The molecule has 0 unspecified atom stereocenters. The first-order valence-electron chi connectivity index (χ1n) is 22.2. The fourth-order valence-corrected chi connectivity index (χ4v) is 9.55. The summed E-state index contributed by atoms with van der Waals surface area (Å²) in [4.78, 5) is 60.3. The fourth-order valence-electron chi connectivity index (χ4n) is 8.04. The minimum absolute atomic E-state index is 0.268. The highest BCUT2D eigenvalue weighted by Crippen LogP contribution is 2.36. The average Bonchev–Trinajstić information content (AvgIpc) is 4.03. The summed E-state index contributed by atoms with van der Waals surface area (Å²) in [6, 6.07) is 14.7. The Morgan fingerprint density at radius 1 is 0.746 bits per heavy atom. The number of benzene rings is 2. The van der Waals surface area contributed by atoms with Gasteiger partial charge in [-0.05, 0) is 70.7 Å². The molecule has 2 aliphatic heterocycles. The number of likely N-dealkylation sites (tertiary alicyclic amines) is 2. The number of hydrogen-bond donors (Lipinski definition) is 2. The van der Waals surface area contributed by atoms with Crippen LogP contribution in [-0.2, 0) is 27.7 Å². The molecule has 15 nitrogen and oxygen atoms in total. The van der Waals surface area contributed by atoms with Crippen molar-refractivity contribution in [3.05, 3.63) is 76.9 Å². The van der Waals surface area contributed by atoms with Crippen molar-refractivity contribution in [1.82, 2.24) is 38.9 Å². The van der Waals surface area contributed by atoms with Crippen LogP contribution in [0.3, 0.4) is 0 Å². The van der Waals surface area contributed by atoms with E-state index in [-0.39, 0.29) is 36.2 Å². The van der Waals surface area contributed by atoms with Crippen LogP contribution >= 0.6 is 0 Å². The average molecular weight is 897 g/mol. The van der Waals surface area contributed by atoms with E-state index in [1.54, 1.807) is 4.90 Å². The molecular formula is C46H64N8O7Si2. The number of nitrogens with zero attached hydrogens (tertiary/aromatic N) is 7. The second kappa shape index (κ2) is 18.5. The predicted molar refractivity (Wildman–Crippen MR) is 250 cm³/mol. The van der Waals surface area contributed by atoms with Crippen LogP contribution in [0.15, 0.2) is 59.7 Å². The number of aromatic nitrogens is 6. The summed E-state index contributed by atoms with van der Waals surface area (Å²) in [6.07, 6.45) is 5.64. The predicted octanol–water partition coefficient (Wildman–Crippen LogP) is 9.83. The number of carbonyl (C=O) groups is 2. The molecule has 5 heterocycles. The Morgan fingerprint density at radius 2 is 1.25 bits per heavy atom. The van der Waals surface area contributed by atoms with Crippen molar-refractivity contribution in [2.75, 3.05) is 26.3 Å². The summed E-state index contributed by atoms with van der Waals surface area (Å²) in [5.74, 6) is 1.41. The summed E-state index contributed by atoms with van der Waals surface area (Å²) < 4.78 is 22.0. The topological polar surface area (TPSA) is 170 Å². The standard InChI is InChI=1S/C46H64N8O7Si2/c1-46(2,3)61-45(58)54-21-11-13-39(54)42-49-37(28-52(42)30-60-23-25-63(7,8)9)33-18-19-34-35(26-33)50-43(55)40(47-34)32-16-14-31(15-17-32)36-27-51(29-59-22-24-62(4,5)6)41(48-36)38-12-10-20-53(38)44(56)57/h14-19,26-28,38-39H,10-13,20-25,29-30H2,1-9H3,(H,50,55)(H,56,57)/t38-,39-/m0/s1. The van der Waals surface area contributed by atoms with Crippen molar-refractivity contribution >= 4 is 39.4 Å². The van der Waals surface area contributed by atoms with Crippen LogP contribution in [-0.4, -0.2) is 104 Å². The number of aromatic amines is 1. The summed E-state index contributed by atoms with van der Waals surface area (Å²) in [5.41, 5.74) is 4.21. The maximum absolute atomic E-state index is 13.7. The highest BCUT2D eigenvalue weighted by Gasteiger charge is 2.37. The summed E-state index contributed by atoms with van der Waals surface area (Å²) in [6.45, 7) is 22.4. The molecule has 2 aromatic carbocycles. The van der Waals surface area contributed by atoms with Gasteiger partial charge < -0.3 is 33.4 Å². The highest BCUT2D eigenvalue weighted by molar-refractivity contribution is 6.76. The van der Waals surface area contributed by atoms with Crippen molar-refractivity contribution in [3.63, 3.8) is 0 Å². The quantitative estimate of drug-likeness (QED) is 0.0762. The molecule has 7 rings (SSSR count). The fraction of sp³-hybridized carbons (Fsp3) is 0.522. The Kier molecular flexibility index (Phi) is 13.5. The van der Waals surface area contributed by atoms with Gasteiger partial charge in [-0.2, -0.15) is 0 Å². The number of carbonyl (C=O) groups excluding carboxylic acids is 1. The zero-order valence-corrected chi connectivity index (χ0v) is 40.4. The van der Waals surface area contributed by atoms with Crippen LogP contribution in [0.5, 0.6) is 0 Å². The van der Waals surface area contributed by atoms with Gasteiger partial charge in [0.25, 0.3) is 5.56 Å². The molecule has 0 saturated carbocycles. The first-order valence-corrected chi connectivity index (χ1v) is 29.6. The molecule has 2 atom stereocenters. The molecule has 2 amide bonds. The Balaban J connectivity index is 1.13. The summed E-state index contributed by atoms with van der Waals surface area (Å²) in [5, 5.41) is 9.91. The molecule has 17 heteroatoms. The maximum atomic E-state index is 13.7. The number of nitrogens with one attached hydrogen (secondary N) is 1. The van der Waals surface area contributed by atoms with Crippen LogP contribution in [0.4, 0.5) is 9.59 Å². The Labute approximate surface area is 371 Å². The number of carboxylic acid groups (broad SMARTS) is 1. The minimum atomic E-state index is -1.30. The molecule has 63 heavy (non-hydrogen) atoms. The van der Waals surface area contributed by atoms with E-state index < -0.39 is 27.8 Å². The molecule has 2 aliphatic rings. The lowest BCUT2D eigenvalue weighted by atomic mass is 10.1. The summed E-state index contributed by atoms with van der Waals surface area (Å²) >= 11 is 0. The van der Waals surface area contributed by atoms with Gasteiger partial charge >= 0.3 is 12.2 Å². The van der Waals surface area contributed by atoms with E-state index in [0.717, 1.165) is 48.3 Å². The maximum Gasteiger partial charge on any atom is 0.410 e. The van der Waals surface area contributed by atoms with Crippen molar-refractivity contribution < 1.29 is 28.9 Å². The van der Waals surface area contributed by atoms with Crippen LogP contribution in [0.25, 0.3) is 44.8 Å². The van der Waals surface area contributed by atoms with E-state index in [2.05, 4.69) is 44.3 Å². The van der Waals surface area contributed by atoms with Crippen molar-refractivity contribution in [2.45, 2.75) is 129 Å². The smallest absolute Gasteiger partial charge is 0.410 e. The lowest BCUT2D eigenvalue weighted by Crippen LogP contribution is -2.37. The van der Waals surface area contributed by atoms with E-state index >= 15 is 0 Å². The number of ether oxygens (including phenoxy) is 3. The second-order valence-corrected chi connectivity index (χ2v) is 31.5. The first kappa shape index (κ1) is 45.9. The zero-order valence-electron chi connectivity index (χ0n) is 38.4. The number of hydrogen-bond acceptors (Lipinski definition) is 9. The molecule has 2 fully saturated rings. The normalized spacial score (nSPS) is 17.3. The number of fused-ring (bicyclic) bond motifs is 1. The van der Waals surface area contributed by atoms with Crippen molar-refractivity contribution in [3.8, 4) is 33.8 Å². The molecule has 0 spiro atoms. The van der Waals surface area contributed by atoms with Gasteiger partial charge in [0.05, 0.1) is 34.5 Å². The van der Waals surface area contributed by atoms with Crippen LogP contribution < -0.4 is 5.56 Å². The van der Waals surface area contributed by atoms with E-state index in [4.69, 9.17) is 29.2 Å². The van der Waals surface area contributed by atoms with Gasteiger partial charge in [0.2, 0.25) is 0 Å². The Bertz CT molecular complexity index is 2480. The molecule has 0 bridgehead atoms. The molecular weight excluding hydrogens is 833 g/mol. The minimum Gasteiger partial charge on any atom is -0.465 e. The van der Waals surface area contributed by atoms with E-state index in [9.17, 15) is 19.5 Å². The third kappa shape index (κ3) is 11.4. The van der Waals surface area contributed by atoms with E-state index in [1.807, 2.05) is 84.8 Å². The molecule has 5 aromatic rings. The molecule has 338 valence electrons. The van der Waals surface area contributed by atoms with Gasteiger partial charge in [-0.1, -0.05) is 69.6 Å². The number of H-pyrrole nitrogens is 1. The van der Waals surface area contributed by atoms with Crippen molar-refractivity contribution in [1.29, 1.82) is 0 Å². The monoisotopic (exact) mass is 896 g/mol. The summed E-state index contributed by atoms with van der Waals surface area (Å²) in [7, 11) is -2.59. The van der Waals surface area contributed by atoms with Crippen LogP contribution in [0, 0.1) is 0 Å². The van der Waals surface area contributed by atoms with Gasteiger partial charge in [0.15, 0.2) is 0 Å². The number of rotatable bonds is 15. The Hall–Kier alpha value is -5.11. The lowest BCUT2D eigenvalue weighted by molar-refractivity contribution is 0.0204. The van der Waals surface area contributed by atoms with Gasteiger partial charge in [-0.25, -0.2) is 24.5 Å². The second-order valence-electron chi connectivity index (χ2n) is 20.3. The van der Waals surface area contributed by atoms with Gasteiger partial charge in [-0.15, -0.1) is 0 Å². The SMILES string of the molecule is CC(C)(C)OC(=O)N1CCC[C@H]1c1nc(-c2ccc3nc(-c4ccc(-c5cn(COCC[Si](C)(C)C)c([C@@H]6CCCN6C(=O)O)n5)cc4)c(=O)[nH]c3c2)cn1COCC[Si](C)(C)C. The van der Waals surface area contributed by atoms with Crippen LogP contribution in [0.1, 0.15) is 70.2 Å². The third-order valence-corrected chi connectivity index (χ3v) is 14.9. The highest BCUT2D eigenvalue weighted by atomic mass is 28.3. The number of imidazole rings is 2. The van der Waals surface area contributed by atoms with Crippen LogP contribution in [0.2, 0.25) is 51.4 Å². The van der Waals surface area contributed by atoms with Crippen molar-refractivity contribution in [2.24, 2.45) is 0 Å².